The van der Waals surface area contributed by atoms with Crippen LogP contribution in [0.5, 0.6) is 0 Å². The fourth-order valence-electron chi connectivity index (χ4n) is 2.73. The number of hydrogen-bond donors (Lipinski definition) is 2. The predicted molar refractivity (Wildman–Crippen MR) is 105 cm³/mol. The summed E-state index contributed by atoms with van der Waals surface area (Å²) in [6, 6.07) is 22.2. The van der Waals surface area contributed by atoms with E-state index < -0.39 is 16.0 Å². The van der Waals surface area contributed by atoms with Crippen molar-refractivity contribution in [3.8, 4) is 0 Å². The van der Waals surface area contributed by atoms with Gasteiger partial charge in [-0.3, -0.25) is 4.72 Å². The first-order valence-corrected chi connectivity index (χ1v) is 9.92. The van der Waals surface area contributed by atoms with Crippen molar-refractivity contribution in [3.05, 3.63) is 95.6 Å². The molecule has 0 spiro atoms. The maximum atomic E-state index is 12.6. The quantitative estimate of drug-likeness (QED) is 0.649. The van der Waals surface area contributed by atoms with Gasteiger partial charge in [0, 0.05) is 0 Å². The molecule has 0 aromatic heterocycles. The molecule has 27 heavy (non-hydrogen) atoms. The highest BCUT2D eigenvalue weighted by atomic mass is 32.2. The summed E-state index contributed by atoms with van der Waals surface area (Å²) < 4.78 is 27.8. The zero-order valence-corrected chi connectivity index (χ0v) is 15.3. The van der Waals surface area contributed by atoms with Crippen molar-refractivity contribution in [2.75, 3.05) is 4.72 Å². The standard InChI is InChI=1S/C21H19NO4S/c23-21(24)18-14-11-16(12-15-18)10-13-17-6-4-5-9-20(17)22-27(25,26)19-7-2-1-3-8-19/h1-9,11-12,14-15,22H,10,13H2,(H,23,24). The molecule has 0 fully saturated rings. The monoisotopic (exact) mass is 381 g/mol. The van der Waals surface area contributed by atoms with E-state index in [0.29, 0.717) is 18.5 Å². The number of aryl methyl sites for hydroxylation is 2. The van der Waals surface area contributed by atoms with Crippen molar-refractivity contribution in [2.24, 2.45) is 0 Å². The predicted octanol–water partition coefficient (Wildman–Crippen LogP) is 3.97. The van der Waals surface area contributed by atoms with Gasteiger partial charge >= 0.3 is 5.97 Å². The van der Waals surface area contributed by atoms with E-state index in [2.05, 4.69) is 4.72 Å². The lowest BCUT2D eigenvalue weighted by molar-refractivity contribution is 0.0697. The first-order chi connectivity index (χ1) is 13.0. The zero-order chi connectivity index (χ0) is 19.3. The smallest absolute Gasteiger partial charge is 0.335 e. The summed E-state index contributed by atoms with van der Waals surface area (Å²) in [5, 5.41) is 8.96. The minimum atomic E-state index is -3.65. The summed E-state index contributed by atoms with van der Waals surface area (Å²) in [4.78, 5) is 11.1. The Hall–Kier alpha value is -3.12. The lowest BCUT2D eigenvalue weighted by Gasteiger charge is -2.13. The van der Waals surface area contributed by atoms with Gasteiger partial charge < -0.3 is 5.11 Å². The van der Waals surface area contributed by atoms with Crippen LogP contribution in [-0.2, 0) is 22.9 Å². The fraction of sp³-hybridized carbons (Fsp3) is 0.0952. The Morgan fingerprint density at radius 3 is 2.11 bits per heavy atom. The maximum absolute atomic E-state index is 12.6. The Bertz CT molecular complexity index is 1030. The van der Waals surface area contributed by atoms with Crippen molar-refractivity contribution in [1.82, 2.24) is 0 Å². The van der Waals surface area contributed by atoms with Crippen molar-refractivity contribution in [3.63, 3.8) is 0 Å². The molecule has 0 saturated heterocycles. The van der Waals surface area contributed by atoms with Crippen molar-refractivity contribution >= 4 is 21.7 Å². The first-order valence-electron chi connectivity index (χ1n) is 8.44. The molecule has 138 valence electrons. The molecule has 0 atom stereocenters. The summed E-state index contributed by atoms with van der Waals surface area (Å²) in [7, 11) is -3.65. The SMILES string of the molecule is O=C(O)c1ccc(CCc2ccccc2NS(=O)(=O)c2ccccc2)cc1. The summed E-state index contributed by atoms with van der Waals surface area (Å²) in [6.45, 7) is 0. The summed E-state index contributed by atoms with van der Waals surface area (Å²) in [5.74, 6) is -0.956. The number of benzene rings is 3. The normalized spacial score (nSPS) is 11.1. The Morgan fingerprint density at radius 2 is 1.44 bits per heavy atom. The van der Waals surface area contributed by atoms with Crippen LogP contribution in [-0.4, -0.2) is 19.5 Å². The third-order valence-corrected chi connectivity index (χ3v) is 5.58. The van der Waals surface area contributed by atoms with E-state index in [1.165, 1.54) is 0 Å². The molecule has 2 N–H and O–H groups in total. The van der Waals surface area contributed by atoms with E-state index in [4.69, 9.17) is 5.11 Å². The topological polar surface area (TPSA) is 83.5 Å². The zero-order valence-electron chi connectivity index (χ0n) is 14.5. The lowest BCUT2D eigenvalue weighted by atomic mass is 10.0. The lowest BCUT2D eigenvalue weighted by Crippen LogP contribution is -2.14. The first kappa shape index (κ1) is 18.7. The Labute approximate surface area is 158 Å². The molecule has 0 aliphatic heterocycles. The highest BCUT2D eigenvalue weighted by Gasteiger charge is 2.15. The summed E-state index contributed by atoms with van der Waals surface area (Å²) >= 11 is 0. The van der Waals surface area contributed by atoms with E-state index in [9.17, 15) is 13.2 Å². The van der Waals surface area contributed by atoms with Gasteiger partial charge in [-0.05, 0) is 54.3 Å². The fourth-order valence-corrected chi connectivity index (χ4v) is 3.86. The Kier molecular flexibility index (Phi) is 5.57. The summed E-state index contributed by atoms with van der Waals surface area (Å²) in [6.07, 6.45) is 1.30. The average molecular weight is 381 g/mol. The van der Waals surface area contributed by atoms with Crippen LogP contribution in [0.25, 0.3) is 0 Å². The van der Waals surface area contributed by atoms with Crippen LogP contribution in [0.1, 0.15) is 21.5 Å². The molecule has 0 amide bonds. The van der Waals surface area contributed by atoms with Gasteiger partial charge in [-0.2, -0.15) is 0 Å². The van der Waals surface area contributed by atoms with Crippen LogP contribution >= 0.6 is 0 Å². The minimum Gasteiger partial charge on any atom is -0.478 e. The van der Waals surface area contributed by atoms with Crippen molar-refractivity contribution < 1.29 is 18.3 Å². The highest BCUT2D eigenvalue weighted by molar-refractivity contribution is 7.92. The minimum absolute atomic E-state index is 0.212. The van der Waals surface area contributed by atoms with Gasteiger partial charge in [-0.1, -0.05) is 48.5 Å². The van der Waals surface area contributed by atoms with Crippen LogP contribution in [0.4, 0.5) is 5.69 Å². The molecular weight excluding hydrogens is 362 g/mol. The molecule has 0 saturated carbocycles. The number of sulfonamides is 1. The molecular formula is C21H19NO4S. The molecule has 0 heterocycles. The van der Waals surface area contributed by atoms with Crippen LogP contribution in [0.3, 0.4) is 0 Å². The molecule has 0 radical (unpaired) electrons. The van der Waals surface area contributed by atoms with Gasteiger partial charge in [0.05, 0.1) is 16.1 Å². The molecule has 3 aromatic rings. The second kappa shape index (κ2) is 8.05. The highest BCUT2D eigenvalue weighted by Crippen LogP contribution is 2.21. The molecule has 0 unspecified atom stereocenters. The van der Waals surface area contributed by atoms with Crippen molar-refractivity contribution in [1.29, 1.82) is 0 Å². The summed E-state index contributed by atoms with van der Waals surface area (Å²) in [5.41, 5.74) is 2.65. The van der Waals surface area contributed by atoms with Gasteiger partial charge in [0.2, 0.25) is 0 Å². The second-order valence-corrected chi connectivity index (χ2v) is 7.76. The molecule has 5 nitrogen and oxygen atoms in total. The third-order valence-electron chi connectivity index (χ3n) is 4.20. The van der Waals surface area contributed by atoms with Crippen molar-refractivity contribution in [2.45, 2.75) is 17.7 Å². The van der Waals surface area contributed by atoms with E-state index in [1.807, 2.05) is 12.1 Å². The maximum Gasteiger partial charge on any atom is 0.335 e. The largest absolute Gasteiger partial charge is 0.478 e. The number of hydrogen-bond acceptors (Lipinski definition) is 3. The number of carboxylic acid groups (broad SMARTS) is 1. The number of nitrogens with one attached hydrogen (secondary N) is 1. The Morgan fingerprint density at radius 1 is 0.815 bits per heavy atom. The van der Waals surface area contributed by atoms with Gasteiger partial charge in [0.25, 0.3) is 10.0 Å². The second-order valence-electron chi connectivity index (χ2n) is 6.08. The van der Waals surface area contributed by atoms with Gasteiger partial charge in [0.15, 0.2) is 0 Å². The van der Waals surface area contributed by atoms with Gasteiger partial charge in [-0.15, -0.1) is 0 Å². The average Bonchev–Trinajstić information content (AvgIpc) is 2.68. The van der Waals surface area contributed by atoms with Gasteiger partial charge in [0.1, 0.15) is 0 Å². The van der Waals surface area contributed by atoms with E-state index in [1.54, 1.807) is 66.7 Å². The number of carboxylic acids is 1. The van der Waals surface area contributed by atoms with E-state index in [-0.39, 0.29) is 10.5 Å². The molecule has 3 rings (SSSR count). The molecule has 0 aliphatic rings. The molecule has 6 heteroatoms. The number of anilines is 1. The molecule has 3 aromatic carbocycles. The Balaban J connectivity index is 1.75. The number of aromatic carboxylic acids is 1. The van der Waals surface area contributed by atoms with Crippen LogP contribution in [0.2, 0.25) is 0 Å². The van der Waals surface area contributed by atoms with E-state index in [0.717, 1.165) is 11.1 Å². The number of rotatable bonds is 7. The number of carbonyl (C=O) groups is 1. The molecule has 0 aliphatic carbocycles. The van der Waals surface area contributed by atoms with Crippen LogP contribution < -0.4 is 4.72 Å². The van der Waals surface area contributed by atoms with Crippen LogP contribution in [0, 0.1) is 0 Å². The van der Waals surface area contributed by atoms with Gasteiger partial charge in [-0.25, -0.2) is 13.2 Å². The number of para-hydroxylation sites is 1. The molecule has 0 bridgehead atoms. The van der Waals surface area contributed by atoms with E-state index >= 15 is 0 Å². The van der Waals surface area contributed by atoms with Crippen LogP contribution in [0.15, 0.2) is 83.8 Å². The third kappa shape index (κ3) is 4.74.